The predicted octanol–water partition coefficient (Wildman–Crippen LogP) is 5.20. The van der Waals surface area contributed by atoms with Crippen LogP contribution in [0.25, 0.3) is 0 Å². The summed E-state index contributed by atoms with van der Waals surface area (Å²) in [4.78, 5) is 17.1. The maximum Gasteiger partial charge on any atom is 0.357 e. The number of rotatable bonds is 7. The summed E-state index contributed by atoms with van der Waals surface area (Å²) in [7, 11) is -1.87. The molecule has 6 heteroatoms. The van der Waals surface area contributed by atoms with Gasteiger partial charge in [-0.05, 0) is 43.5 Å². The van der Waals surface area contributed by atoms with Gasteiger partial charge in [-0.1, -0.05) is 51.1 Å². The fraction of sp³-hybridized carbons (Fsp3) is 0.545. The second kappa shape index (κ2) is 7.48. The van der Waals surface area contributed by atoms with Gasteiger partial charge in [0.2, 0.25) is 0 Å². The van der Waals surface area contributed by atoms with Crippen LogP contribution in [-0.2, 0) is 9.16 Å². The SMILES string of the molecule is C[C@H](c1ccccc1)n1cncc1C(=O)OC1(CO[Si](C)(C)C(C)(C)C)CC1. The van der Waals surface area contributed by atoms with Crippen LogP contribution in [0.3, 0.4) is 0 Å². The third-order valence-corrected chi connectivity index (χ3v) is 10.7. The molecule has 0 aliphatic heterocycles. The van der Waals surface area contributed by atoms with Gasteiger partial charge in [-0.25, -0.2) is 9.78 Å². The van der Waals surface area contributed by atoms with E-state index in [1.165, 1.54) is 0 Å². The van der Waals surface area contributed by atoms with E-state index < -0.39 is 13.9 Å². The molecule has 0 amide bonds. The third-order valence-electron chi connectivity index (χ3n) is 6.19. The van der Waals surface area contributed by atoms with Crippen LogP contribution in [0.5, 0.6) is 0 Å². The Balaban J connectivity index is 1.68. The fourth-order valence-electron chi connectivity index (χ4n) is 2.86. The minimum Gasteiger partial charge on any atom is -0.452 e. The van der Waals surface area contributed by atoms with Gasteiger partial charge in [-0.15, -0.1) is 0 Å². The molecule has 0 radical (unpaired) electrons. The van der Waals surface area contributed by atoms with Crippen molar-refractivity contribution < 1.29 is 14.0 Å². The molecule has 1 aliphatic carbocycles. The third kappa shape index (κ3) is 4.38. The van der Waals surface area contributed by atoms with E-state index in [0.717, 1.165) is 18.4 Å². The van der Waals surface area contributed by atoms with Gasteiger partial charge in [0.1, 0.15) is 11.3 Å². The van der Waals surface area contributed by atoms with Gasteiger partial charge < -0.3 is 13.7 Å². The van der Waals surface area contributed by atoms with Crippen molar-refractivity contribution >= 4 is 14.3 Å². The number of esters is 1. The van der Waals surface area contributed by atoms with Crippen LogP contribution in [0.2, 0.25) is 18.1 Å². The highest BCUT2D eigenvalue weighted by atomic mass is 28.4. The molecule has 0 saturated heterocycles. The minimum absolute atomic E-state index is 0.00452. The van der Waals surface area contributed by atoms with Crippen molar-refractivity contribution in [2.75, 3.05) is 6.61 Å². The maximum absolute atomic E-state index is 12.9. The Kier molecular flexibility index (Phi) is 5.56. The van der Waals surface area contributed by atoms with Gasteiger partial charge >= 0.3 is 5.97 Å². The summed E-state index contributed by atoms with van der Waals surface area (Å²) in [6.45, 7) is 13.6. The minimum atomic E-state index is -1.87. The molecule has 1 saturated carbocycles. The highest BCUT2D eigenvalue weighted by Crippen LogP contribution is 2.44. The van der Waals surface area contributed by atoms with Crippen molar-refractivity contribution in [3.63, 3.8) is 0 Å². The van der Waals surface area contributed by atoms with Crippen LogP contribution in [-0.4, -0.2) is 36.0 Å². The first kappa shape index (κ1) is 20.8. The molecule has 0 bridgehead atoms. The summed E-state index contributed by atoms with van der Waals surface area (Å²) in [6.07, 6.45) is 5.00. The molecule has 1 heterocycles. The zero-order valence-electron chi connectivity index (χ0n) is 17.9. The first-order valence-corrected chi connectivity index (χ1v) is 12.9. The van der Waals surface area contributed by atoms with Gasteiger partial charge in [0, 0.05) is 0 Å². The van der Waals surface area contributed by atoms with E-state index in [9.17, 15) is 4.79 Å². The predicted molar refractivity (Wildman–Crippen MR) is 113 cm³/mol. The van der Waals surface area contributed by atoms with E-state index in [1.54, 1.807) is 12.5 Å². The number of hydrogen-bond donors (Lipinski definition) is 0. The smallest absolute Gasteiger partial charge is 0.357 e. The van der Waals surface area contributed by atoms with Crippen LogP contribution in [0, 0.1) is 0 Å². The van der Waals surface area contributed by atoms with Crippen molar-refractivity contribution in [3.05, 3.63) is 54.1 Å². The monoisotopic (exact) mass is 400 g/mol. The molecular formula is C22H32N2O3Si. The fourth-order valence-corrected chi connectivity index (χ4v) is 3.91. The zero-order valence-corrected chi connectivity index (χ0v) is 18.9. The Morgan fingerprint density at radius 2 is 1.89 bits per heavy atom. The highest BCUT2D eigenvalue weighted by Gasteiger charge is 2.50. The maximum atomic E-state index is 12.9. The normalized spacial score (nSPS) is 17.2. The lowest BCUT2D eigenvalue weighted by atomic mass is 10.1. The Labute approximate surface area is 169 Å². The Hall–Kier alpha value is -1.92. The molecule has 0 spiro atoms. The van der Waals surface area contributed by atoms with Gasteiger partial charge in [0.15, 0.2) is 8.32 Å². The molecule has 1 aromatic heterocycles. The van der Waals surface area contributed by atoms with E-state index in [1.807, 2.05) is 22.8 Å². The van der Waals surface area contributed by atoms with Crippen LogP contribution >= 0.6 is 0 Å². The lowest BCUT2D eigenvalue weighted by molar-refractivity contribution is 0.00445. The van der Waals surface area contributed by atoms with E-state index in [4.69, 9.17) is 9.16 Å². The molecule has 2 aromatic rings. The quantitative estimate of drug-likeness (QED) is 0.473. The molecule has 5 nitrogen and oxygen atoms in total. The van der Waals surface area contributed by atoms with Gasteiger partial charge in [-0.3, -0.25) is 0 Å². The first-order chi connectivity index (χ1) is 13.0. The van der Waals surface area contributed by atoms with Crippen LogP contribution in [0.4, 0.5) is 0 Å². The number of imidazole rings is 1. The second-order valence-corrected chi connectivity index (χ2v) is 14.2. The first-order valence-electron chi connectivity index (χ1n) is 9.99. The average Bonchev–Trinajstić information content (AvgIpc) is 3.22. The summed E-state index contributed by atoms with van der Waals surface area (Å²) >= 11 is 0. The highest BCUT2D eigenvalue weighted by molar-refractivity contribution is 6.74. The molecule has 1 aliphatic rings. The molecule has 0 unspecified atom stereocenters. The van der Waals surface area contributed by atoms with Gasteiger partial charge in [0.25, 0.3) is 0 Å². The second-order valence-electron chi connectivity index (χ2n) is 9.39. The van der Waals surface area contributed by atoms with Crippen molar-refractivity contribution in [2.45, 2.75) is 70.3 Å². The summed E-state index contributed by atoms with van der Waals surface area (Å²) < 4.78 is 14.1. The summed E-state index contributed by atoms with van der Waals surface area (Å²) in [5, 5.41) is 0.136. The molecular weight excluding hydrogens is 368 g/mol. The lowest BCUT2D eigenvalue weighted by Gasteiger charge is -2.37. The standard InChI is InChI=1S/C22H32N2O3Si/c1-17(18-10-8-7-9-11-18)24-16-23-14-19(24)20(25)27-22(12-13-22)15-26-28(5,6)21(2,3)4/h7-11,14,16-17H,12-13,15H2,1-6H3/t17-/m1/s1. The van der Waals surface area contributed by atoms with Crippen molar-refractivity contribution in [1.82, 2.24) is 9.55 Å². The average molecular weight is 401 g/mol. The van der Waals surface area contributed by atoms with Gasteiger partial charge in [-0.2, -0.15) is 0 Å². The van der Waals surface area contributed by atoms with E-state index in [2.05, 4.69) is 57.9 Å². The number of carbonyl (C=O) groups excluding carboxylic acids is 1. The van der Waals surface area contributed by atoms with Gasteiger partial charge in [0.05, 0.1) is 25.2 Å². The molecule has 152 valence electrons. The molecule has 1 aromatic carbocycles. The van der Waals surface area contributed by atoms with Crippen LogP contribution in [0.15, 0.2) is 42.9 Å². The number of benzene rings is 1. The van der Waals surface area contributed by atoms with Crippen molar-refractivity contribution in [1.29, 1.82) is 0 Å². The number of aromatic nitrogens is 2. The summed E-state index contributed by atoms with van der Waals surface area (Å²) in [5.41, 5.74) is 1.13. The summed E-state index contributed by atoms with van der Waals surface area (Å²) in [5.74, 6) is -0.323. The largest absolute Gasteiger partial charge is 0.452 e. The molecule has 1 fully saturated rings. The molecule has 1 atom stereocenters. The number of carbonyl (C=O) groups is 1. The Morgan fingerprint density at radius 1 is 1.25 bits per heavy atom. The Morgan fingerprint density at radius 3 is 2.46 bits per heavy atom. The van der Waals surface area contributed by atoms with Crippen molar-refractivity contribution in [2.24, 2.45) is 0 Å². The topological polar surface area (TPSA) is 53.4 Å². The Bertz CT molecular complexity index is 820. The molecule has 28 heavy (non-hydrogen) atoms. The zero-order chi connectivity index (χ0) is 20.6. The van der Waals surface area contributed by atoms with E-state index in [0.29, 0.717) is 12.3 Å². The molecule has 0 N–H and O–H groups in total. The van der Waals surface area contributed by atoms with E-state index >= 15 is 0 Å². The van der Waals surface area contributed by atoms with Crippen molar-refractivity contribution in [3.8, 4) is 0 Å². The number of hydrogen-bond acceptors (Lipinski definition) is 4. The van der Waals surface area contributed by atoms with Crippen LogP contribution in [0.1, 0.15) is 62.6 Å². The molecule has 3 rings (SSSR count). The van der Waals surface area contributed by atoms with E-state index in [-0.39, 0.29) is 17.0 Å². The summed E-state index contributed by atoms with van der Waals surface area (Å²) in [6, 6.07) is 10.1. The lowest BCUT2D eigenvalue weighted by Crippen LogP contribution is -2.43. The number of ether oxygens (including phenoxy) is 1. The van der Waals surface area contributed by atoms with Crippen LogP contribution < -0.4 is 0 Å². The number of nitrogens with zero attached hydrogens (tertiary/aromatic N) is 2.